The highest BCUT2D eigenvalue weighted by atomic mass is 16.2. The summed E-state index contributed by atoms with van der Waals surface area (Å²) < 4.78 is 0. The maximum absolute atomic E-state index is 8.25. The molecular formula is C11H23O. The first-order valence-electron chi connectivity index (χ1n) is 4.93. The fraction of sp³-hybridized carbons (Fsp3) is 0.818. The van der Waals surface area contributed by atoms with E-state index in [4.69, 9.17) is 5.11 Å². The van der Waals surface area contributed by atoms with Gasteiger partial charge in [-0.3, -0.25) is 0 Å². The minimum Gasteiger partial charge on any atom is -0.240 e. The zero-order valence-corrected chi connectivity index (χ0v) is 8.64. The van der Waals surface area contributed by atoms with Crippen molar-refractivity contribution >= 4 is 0 Å². The Hall–Kier alpha value is -0.300. The Labute approximate surface area is 77.5 Å². The number of hydrogen-bond acceptors (Lipinski definition) is 0. The van der Waals surface area contributed by atoms with Gasteiger partial charge in [-0.2, -0.15) is 0 Å². The molecule has 0 atom stereocenters. The number of hydrogen-bond donors (Lipinski definition) is 0. The van der Waals surface area contributed by atoms with Crippen molar-refractivity contribution in [2.75, 3.05) is 7.11 Å². The van der Waals surface area contributed by atoms with E-state index in [1.807, 2.05) is 6.08 Å². The maximum atomic E-state index is 8.25. The van der Waals surface area contributed by atoms with E-state index < -0.39 is 0 Å². The van der Waals surface area contributed by atoms with E-state index >= 15 is 0 Å². The molecule has 1 heteroatoms. The second-order valence-corrected chi connectivity index (χ2v) is 2.85. The zero-order valence-electron chi connectivity index (χ0n) is 8.64. The molecule has 12 heavy (non-hydrogen) atoms. The number of allylic oxidation sites excluding steroid dienone is 1. The van der Waals surface area contributed by atoms with Gasteiger partial charge in [-0.1, -0.05) is 45.1 Å². The van der Waals surface area contributed by atoms with Crippen LogP contribution in [0.2, 0.25) is 0 Å². The van der Waals surface area contributed by atoms with Crippen LogP contribution >= 0.6 is 0 Å². The molecule has 0 fully saturated rings. The van der Waals surface area contributed by atoms with Gasteiger partial charge in [0, 0.05) is 0 Å². The summed E-state index contributed by atoms with van der Waals surface area (Å²) >= 11 is 0. The van der Waals surface area contributed by atoms with Gasteiger partial charge in [-0.05, 0) is 12.8 Å². The van der Waals surface area contributed by atoms with Crippen LogP contribution in [0.5, 0.6) is 0 Å². The van der Waals surface area contributed by atoms with Gasteiger partial charge in [-0.15, -0.1) is 6.58 Å². The molecule has 0 aromatic heterocycles. The summed E-state index contributed by atoms with van der Waals surface area (Å²) in [7, 11) is 0.750. The number of unbranched alkanes of at least 4 members (excludes halogenated alkanes) is 6. The SMILES string of the molecule is C=CCCCCCCCC.C[O]. The molecule has 1 nitrogen and oxygen atoms in total. The first-order valence-corrected chi connectivity index (χ1v) is 4.93. The molecular weight excluding hydrogens is 148 g/mol. The lowest BCUT2D eigenvalue weighted by atomic mass is 10.1. The van der Waals surface area contributed by atoms with E-state index in [1.165, 1.54) is 44.9 Å². The lowest BCUT2D eigenvalue weighted by Crippen LogP contribution is -1.76. The molecule has 0 saturated heterocycles. The van der Waals surface area contributed by atoms with Crippen LogP contribution in [-0.2, 0) is 5.11 Å². The molecule has 0 unspecified atom stereocenters. The highest BCUT2D eigenvalue weighted by Gasteiger charge is 1.86. The normalized spacial score (nSPS) is 8.58. The minimum absolute atomic E-state index is 0.750. The van der Waals surface area contributed by atoms with Crippen molar-refractivity contribution < 1.29 is 5.11 Å². The van der Waals surface area contributed by atoms with Gasteiger partial charge in [0.1, 0.15) is 0 Å². The summed E-state index contributed by atoms with van der Waals surface area (Å²) in [6.07, 6.45) is 11.6. The third-order valence-corrected chi connectivity index (χ3v) is 1.76. The predicted molar refractivity (Wildman–Crippen MR) is 54.8 cm³/mol. The monoisotopic (exact) mass is 171 g/mol. The van der Waals surface area contributed by atoms with Crippen LogP contribution in [0.15, 0.2) is 12.7 Å². The highest BCUT2D eigenvalue weighted by Crippen LogP contribution is 2.06. The Balaban J connectivity index is 0. The van der Waals surface area contributed by atoms with Crippen molar-refractivity contribution in [1.82, 2.24) is 0 Å². The Bertz CT molecular complexity index is 69.4. The molecule has 0 aromatic rings. The van der Waals surface area contributed by atoms with Crippen molar-refractivity contribution in [3.63, 3.8) is 0 Å². The third kappa shape index (κ3) is 16.4. The summed E-state index contributed by atoms with van der Waals surface area (Å²) in [5.74, 6) is 0. The van der Waals surface area contributed by atoms with E-state index in [2.05, 4.69) is 13.5 Å². The van der Waals surface area contributed by atoms with Crippen molar-refractivity contribution in [2.24, 2.45) is 0 Å². The van der Waals surface area contributed by atoms with Crippen LogP contribution in [0.4, 0.5) is 0 Å². The Kier molecular flexibility index (Phi) is 20.1. The Morgan fingerprint density at radius 3 is 2.00 bits per heavy atom. The first kappa shape index (κ1) is 14.2. The largest absolute Gasteiger partial charge is 0.240 e. The summed E-state index contributed by atoms with van der Waals surface area (Å²) in [5.41, 5.74) is 0. The molecule has 0 aliphatic rings. The maximum Gasteiger partial charge on any atom is 0.0712 e. The van der Waals surface area contributed by atoms with Crippen LogP contribution < -0.4 is 0 Å². The highest BCUT2D eigenvalue weighted by molar-refractivity contribution is 4.65. The average molecular weight is 171 g/mol. The fourth-order valence-corrected chi connectivity index (χ4v) is 1.07. The Morgan fingerprint density at radius 1 is 1.00 bits per heavy atom. The first-order chi connectivity index (χ1) is 5.91. The van der Waals surface area contributed by atoms with Crippen molar-refractivity contribution in [1.29, 1.82) is 0 Å². The standard InChI is InChI=1S/C10H20.CH3O/c1-3-5-7-9-10-8-6-4-2;1-2/h3H,1,4-10H2,2H3;1H3. The molecule has 0 spiro atoms. The summed E-state index contributed by atoms with van der Waals surface area (Å²) in [6.45, 7) is 5.95. The number of rotatable bonds is 7. The van der Waals surface area contributed by atoms with E-state index in [9.17, 15) is 0 Å². The fourth-order valence-electron chi connectivity index (χ4n) is 1.07. The molecule has 0 N–H and O–H groups in total. The second kappa shape index (κ2) is 17.0. The molecule has 0 amide bonds. The lowest BCUT2D eigenvalue weighted by Gasteiger charge is -1.96. The molecule has 0 aromatic carbocycles. The van der Waals surface area contributed by atoms with Crippen LogP contribution in [0, 0.1) is 0 Å². The van der Waals surface area contributed by atoms with Gasteiger partial charge < -0.3 is 0 Å². The van der Waals surface area contributed by atoms with Crippen molar-refractivity contribution in [3.8, 4) is 0 Å². The molecule has 0 saturated carbocycles. The van der Waals surface area contributed by atoms with E-state index in [0.717, 1.165) is 7.11 Å². The van der Waals surface area contributed by atoms with E-state index in [1.54, 1.807) is 0 Å². The molecule has 0 heterocycles. The molecule has 0 rings (SSSR count). The van der Waals surface area contributed by atoms with Gasteiger partial charge in [0.05, 0.1) is 7.11 Å². The summed E-state index contributed by atoms with van der Waals surface area (Å²) in [6, 6.07) is 0. The average Bonchev–Trinajstić information content (AvgIpc) is 2.15. The topological polar surface area (TPSA) is 19.9 Å². The van der Waals surface area contributed by atoms with Crippen LogP contribution in [0.1, 0.15) is 51.9 Å². The van der Waals surface area contributed by atoms with Crippen LogP contribution in [0.25, 0.3) is 0 Å². The summed E-state index contributed by atoms with van der Waals surface area (Å²) in [5, 5.41) is 8.25. The minimum atomic E-state index is 0.750. The van der Waals surface area contributed by atoms with Gasteiger partial charge in [0.15, 0.2) is 0 Å². The lowest BCUT2D eigenvalue weighted by molar-refractivity contribution is 0.282. The van der Waals surface area contributed by atoms with Gasteiger partial charge in [0.2, 0.25) is 0 Å². The smallest absolute Gasteiger partial charge is 0.0712 e. The van der Waals surface area contributed by atoms with E-state index in [-0.39, 0.29) is 0 Å². The molecule has 1 radical (unpaired) electrons. The Morgan fingerprint density at radius 2 is 1.50 bits per heavy atom. The predicted octanol–water partition coefficient (Wildman–Crippen LogP) is 3.97. The van der Waals surface area contributed by atoms with Crippen molar-refractivity contribution in [3.05, 3.63) is 12.7 Å². The molecule has 0 bridgehead atoms. The van der Waals surface area contributed by atoms with Gasteiger partial charge in [0.25, 0.3) is 0 Å². The quantitative estimate of drug-likeness (QED) is 0.408. The van der Waals surface area contributed by atoms with Crippen molar-refractivity contribution in [2.45, 2.75) is 51.9 Å². The molecule has 0 aliphatic heterocycles. The molecule has 73 valence electrons. The van der Waals surface area contributed by atoms with Crippen LogP contribution in [0.3, 0.4) is 0 Å². The summed E-state index contributed by atoms with van der Waals surface area (Å²) in [4.78, 5) is 0. The molecule has 0 aliphatic carbocycles. The van der Waals surface area contributed by atoms with Gasteiger partial charge in [-0.25, -0.2) is 5.11 Å². The van der Waals surface area contributed by atoms with E-state index in [0.29, 0.717) is 0 Å². The van der Waals surface area contributed by atoms with Gasteiger partial charge >= 0.3 is 0 Å². The third-order valence-electron chi connectivity index (χ3n) is 1.76. The second-order valence-electron chi connectivity index (χ2n) is 2.85. The van der Waals surface area contributed by atoms with Crippen LogP contribution in [-0.4, -0.2) is 7.11 Å². The zero-order chi connectivity index (χ0) is 9.66.